The Hall–Kier alpha value is -4.72. The maximum atomic E-state index is 13.5. The second-order valence-corrected chi connectivity index (χ2v) is 7.96. The molecule has 174 valence electrons. The molecule has 8 heteroatoms. The van der Waals surface area contributed by atoms with Crippen LogP contribution in [-0.4, -0.2) is 22.0 Å². The number of anilines is 1. The van der Waals surface area contributed by atoms with Crippen LogP contribution in [0.15, 0.2) is 95.0 Å². The Kier molecular flexibility index (Phi) is 5.62. The summed E-state index contributed by atoms with van der Waals surface area (Å²) in [5.74, 6) is -1.04. The van der Waals surface area contributed by atoms with E-state index in [1.807, 2.05) is 18.2 Å². The van der Waals surface area contributed by atoms with Gasteiger partial charge in [0.25, 0.3) is 5.78 Å². The van der Waals surface area contributed by atoms with Crippen molar-refractivity contribution in [2.24, 2.45) is 0 Å². The number of aliphatic hydroxyl groups excluding tert-OH is 1. The molecule has 0 radical (unpaired) electrons. The molecule has 0 aliphatic carbocycles. The quantitative estimate of drug-likeness (QED) is 0.234. The van der Waals surface area contributed by atoms with Crippen LogP contribution in [0.5, 0.6) is 11.5 Å². The van der Waals surface area contributed by atoms with Gasteiger partial charge in [-0.15, -0.1) is 0 Å². The smallest absolute Gasteiger partial charge is 0.301 e. The van der Waals surface area contributed by atoms with Crippen molar-refractivity contribution in [2.75, 3.05) is 4.90 Å². The molecule has 1 aliphatic rings. The lowest BCUT2D eigenvalue weighted by molar-refractivity contribution is -0.132. The molecule has 1 aromatic heterocycles. The van der Waals surface area contributed by atoms with Gasteiger partial charge in [0.05, 0.1) is 11.6 Å². The summed E-state index contributed by atoms with van der Waals surface area (Å²) in [5.41, 5.74) is 0.545. The van der Waals surface area contributed by atoms with E-state index >= 15 is 0 Å². The summed E-state index contributed by atoms with van der Waals surface area (Å²) in [7, 11) is 0. The van der Waals surface area contributed by atoms with Crippen LogP contribution in [-0.2, 0) is 9.59 Å². The molecular formula is C27H19FN2O5. The highest BCUT2D eigenvalue weighted by molar-refractivity contribution is 6.51. The Balaban J connectivity index is 1.65. The summed E-state index contributed by atoms with van der Waals surface area (Å²) in [6, 6.07) is 21.5. The molecular weight excluding hydrogens is 451 g/mol. The number of hydrogen-bond acceptors (Lipinski definition) is 6. The average molecular weight is 470 g/mol. The lowest BCUT2D eigenvalue weighted by atomic mass is 9.95. The predicted octanol–water partition coefficient (Wildman–Crippen LogP) is 5.54. The number of ether oxygens (including phenoxy) is 1. The first-order valence-corrected chi connectivity index (χ1v) is 10.8. The van der Waals surface area contributed by atoms with Gasteiger partial charge in [0.2, 0.25) is 0 Å². The molecule has 1 aliphatic heterocycles. The Morgan fingerprint density at radius 3 is 2.37 bits per heavy atom. The first-order chi connectivity index (χ1) is 16.9. The van der Waals surface area contributed by atoms with Crippen LogP contribution < -0.4 is 9.64 Å². The van der Waals surface area contributed by atoms with Gasteiger partial charge < -0.3 is 14.4 Å². The number of para-hydroxylation sites is 1. The molecule has 1 saturated heterocycles. The van der Waals surface area contributed by atoms with E-state index in [4.69, 9.17) is 9.26 Å². The van der Waals surface area contributed by atoms with Crippen LogP contribution in [0.1, 0.15) is 22.9 Å². The molecule has 0 unspecified atom stereocenters. The van der Waals surface area contributed by atoms with Gasteiger partial charge in [-0.2, -0.15) is 0 Å². The zero-order valence-electron chi connectivity index (χ0n) is 18.5. The van der Waals surface area contributed by atoms with Crippen LogP contribution in [0.3, 0.4) is 0 Å². The van der Waals surface area contributed by atoms with Crippen molar-refractivity contribution in [3.8, 4) is 11.5 Å². The molecule has 0 spiro atoms. The van der Waals surface area contributed by atoms with Gasteiger partial charge in [-0.1, -0.05) is 35.5 Å². The number of amides is 1. The Morgan fingerprint density at radius 2 is 1.69 bits per heavy atom. The van der Waals surface area contributed by atoms with E-state index in [2.05, 4.69) is 5.16 Å². The van der Waals surface area contributed by atoms with Gasteiger partial charge >= 0.3 is 5.91 Å². The lowest BCUT2D eigenvalue weighted by Crippen LogP contribution is -2.29. The van der Waals surface area contributed by atoms with Crippen molar-refractivity contribution in [1.82, 2.24) is 5.16 Å². The number of Topliss-reactive ketones (excluding diaryl/α,β-unsaturated/α-hetero) is 1. The van der Waals surface area contributed by atoms with Crippen LogP contribution in [0.4, 0.5) is 10.2 Å². The summed E-state index contributed by atoms with van der Waals surface area (Å²) in [6.45, 7) is 1.66. The zero-order chi connectivity index (χ0) is 24.5. The van der Waals surface area contributed by atoms with Gasteiger partial charge in [-0.25, -0.2) is 4.39 Å². The molecule has 4 aromatic rings. The number of nitrogens with zero attached hydrogens (tertiary/aromatic N) is 2. The highest BCUT2D eigenvalue weighted by Gasteiger charge is 2.48. The lowest BCUT2D eigenvalue weighted by Gasteiger charge is -2.23. The maximum Gasteiger partial charge on any atom is 0.301 e. The summed E-state index contributed by atoms with van der Waals surface area (Å²) < 4.78 is 24.5. The van der Waals surface area contributed by atoms with Crippen LogP contribution >= 0.6 is 0 Å². The Labute approximate surface area is 199 Å². The topological polar surface area (TPSA) is 92.9 Å². The molecule has 0 saturated carbocycles. The van der Waals surface area contributed by atoms with E-state index in [-0.39, 0.29) is 17.0 Å². The normalized spacial score (nSPS) is 17.1. The number of rotatable bonds is 5. The minimum absolute atomic E-state index is 0.127. The number of aromatic nitrogens is 1. The molecule has 5 rings (SSSR count). The molecule has 3 aromatic carbocycles. The zero-order valence-corrected chi connectivity index (χ0v) is 18.5. The first kappa shape index (κ1) is 22.1. The molecule has 0 bridgehead atoms. The van der Waals surface area contributed by atoms with Gasteiger partial charge in [0.1, 0.15) is 28.8 Å². The van der Waals surface area contributed by atoms with Crippen molar-refractivity contribution in [2.45, 2.75) is 13.0 Å². The van der Waals surface area contributed by atoms with Crippen molar-refractivity contribution >= 4 is 23.3 Å². The molecule has 2 heterocycles. The number of hydrogen-bond donors (Lipinski definition) is 1. The van der Waals surface area contributed by atoms with Gasteiger partial charge in [-0.3, -0.25) is 14.5 Å². The predicted molar refractivity (Wildman–Crippen MR) is 125 cm³/mol. The third-order valence-corrected chi connectivity index (χ3v) is 5.58. The van der Waals surface area contributed by atoms with E-state index in [1.165, 1.54) is 23.1 Å². The highest BCUT2D eigenvalue weighted by atomic mass is 19.1. The molecule has 7 nitrogen and oxygen atoms in total. The molecule has 1 N–H and O–H groups in total. The van der Waals surface area contributed by atoms with E-state index < -0.39 is 29.3 Å². The van der Waals surface area contributed by atoms with Crippen molar-refractivity contribution < 1.29 is 28.3 Å². The average Bonchev–Trinajstić information content (AvgIpc) is 3.40. The molecule has 1 atom stereocenters. The number of ketones is 1. The van der Waals surface area contributed by atoms with Crippen molar-refractivity contribution in [3.63, 3.8) is 0 Å². The molecule has 35 heavy (non-hydrogen) atoms. The number of aliphatic hydroxyl groups is 1. The van der Waals surface area contributed by atoms with Gasteiger partial charge in [-0.05, 0) is 61.0 Å². The second kappa shape index (κ2) is 8.90. The monoisotopic (exact) mass is 470 g/mol. The first-order valence-electron chi connectivity index (χ1n) is 10.8. The number of carbonyl (C=O) groups excluding carboxylic acids is 2. The van der Waals surface area contributed by atoms with E-state index in [0.29, 0.717) is 22.8 Å². The third-order valence-electron chi connectivity index (χ3n) is 5.58. The number of aryl methyl sites for hydroxylation is 1. The van der Waals surface area contributed by atoms with Crippen molar-refractivity contribution in [1.29, 1.82) is 0 Å². The minimum atomic E-state index is -1.02. The van der Waals surface area contributed by atoms with Crippen molar-refractivity contribution in [3.05, 3.63) is 113 Å². The Bertz CT molecular complexity index is 1440. The van der Waals surface area contributed by atoms with Crippen LogP contribution in [0, 0.1) is 12.7 Å². The van der Waals surface area contributed by atoms with E-state index in [9.17, 15) is 19.1 Å². The van der Waals surface area contributed by atoms with E-state index in [1.54, 1.807) is 43.3 Å². The fraction of sp³-hybridized carbons (Fsp3) is 0.0741. The summed E-state index contributed by atoms with van der Waals surface area (Å²) in [4.78, 5) is 27.5. The number of halogens is 1. The van der Waals surface area contributed by atoms with E-state index in [0.717, 1.165) is 12.1 Å². The third kappa shape index (κ3) is 4.17. The summed E-state index contributed by atoms with van der Waals surface area (Å²) in [5, 5.41) is 15.0. The SMILES string of the molecule is Cc1cc(N2C(=O)C(=O)/C(=C(/O)c3ccc(F)cc3)[C@H]2c2cccc(Oc3ccccc3)c2)no1. The largest absolute Gasteiger partial charge is 0.507 e. The van der Waals surface area contributed by atoms with Gasteiger partial charge in [0.15, 0.2) is 5.82 Å². The van der Waals surface area contributed by atoms with Crippen LogP contribution in [0.2, 0.25) is 0 Å². The maximum absolute atomic E-state index is 13.5. The number of carbonyl (C=O) groups is 2. The number of benzene rings is 3. The molecule has 1 fully saturated rings. The minimum Gasteiger partial charge on any atom is -0.507 e. The fourth-order valence-electron chi connectivity index (χ4n) is 3.99. The summed E-state index contributed by atoms with van der Waals surface area (Å²) >= 11 is 0. The fourth-order valence-corrected chi connectivity index (χ4v) is 3.99. The second-order valence-electron chi connectivity index (χ2n) is 7.96. The van der Waals surface area contributed by atoms with Crippen LogP contribution in [0.25, 0.3) is 5.76 Å². The standard InChI is InChI=1S/C27H19FN2O5/c1-16-14-22(29-35-16)30-24(18-6-5-9-21(15-18)34-20-7-3-2-4-8-20)23(26(32)27(30)33)25(31)17-10-12-19(28)13-11-17/h2-15,24,31H,1H3/b25-23+/t24-/m1/s1. The summed E-state index contributed by atoms with van der Waals surface area (Å²) in [6.07, 6.45) is 0. The van der Waals surface area contributed by atoms with Gasteiger partial charge in [0, 0.05) is 11.6 Å². The molecule has 1 amide bonds. The Morgan fingerprint density at radius 1 is 0.971 bits per heavy atom. The highest BCUT2D eigenvalue weighted by Crippen LogP contribution is 2.42.